The van der Waals surface area contributed by atoms with Gasteiger partial charge in [-0.1, -0.05) is 19.8 Å². The maximum atomic E-state index is 3.72. The summed E-state index contributed by atoms with van der Waals surface area (Å²) in [4.78, 5) is 1.55. The number of hydrogen-bond donors (Lipinski definition) is 1. The third-order valence-electron chi connectivity index (χ3n) is 3.40. The molecule has 0 spiro atoms. The summed E-state index contributed by atoms with van der Waals surface area (Å²) in [6.07, 6.45) is 6.70. The Balaban J connectivity index is 2.07. The van der Waals surface area contributed by atoms with Crippen LogP contribution in [0.3, 0.4) is 0 Å². The molecule has 16 heavy (non-hydrogen) atoms. The highest BCUT2D eigenvalue weighted by Gasteiger charge is 2.27. The van der Waals surface area contributed by atoms with Gasteiger partial charge in [-0.25, -0.2) is 0 Å². The van der Waals surface area contributed by atoms with Gasteiger partial charge in [-0.2, -0.15) is 0 Å². The second-order valence-corrected chi connectivity index (χ2v) is 6.39. The first-order valence-corrected chi connectivity index (χ1v) is 7.96. The van der Waals surface area contributed by atoms with Crippen LogP contribution in [0.1, 0.15) is 49.8 Å². The van der Waals surface area contributed by atoms with E-state index in [1.807, 2.05) is 11.3 Å². The van der Waals surface area contributed by atoms with E-state index in [-0.39, 0.29) is 0 Å². The van der Waals surface area contributed by atoms with Gasteiger partial charge in [0.25, 0.3) is 0 Å². The van der Waals surface area contributed by atoms with Gasteiger partial charge in [0.15, 0.2) is 0 Å². The van der Waals surface area contributed by atoms with Crippen molar-refractivity contribution in [2.45, 2.75) is 51.0 Å². The highest BCUT2D eigenvalue weighted by atomic mass is 79.9. The van der Waals surface area contributed by atoms with E-state index in [9.17, 15) is 0 Å². The SMILES string of the molecule is CCCNC1CCCCC1c1sccc1Br. The Bertz CT molecular complexity index is 323. The molecule has 0 saturated heterocycles. The van der Waals surface area contributed by atoms with E-state index >= 15 is 0 Å². The first-order valence-electron chi connectivity index (χ1n) is 6.29. The van der Waals surface area contributed by atoms with Crippen LogP contribution in [0.4, 0.5) is 0 Å². The maximum absolute atomic E-state index is 3.72. The average molecular weight is 302 g/mol. The predicted octanol–water partition coefficient (Wildman–Crippen LogP) is 4.54. The molecule has 1 aromatic heterocycles. The van der Waals surface area contributed by atoms with E-state index in [1.54, 1.807) is 4.88 Å². The van der Waals surface area contributed by atoms with Crippen molar-refractivity contribution in [3.05, 3.63) is 20.8 Å². The third kappa shape index (κ3) is 2.88. The molecule has 0 bridgehead atoms. The molecule has 2 atom stereocenters. The van der Waals surface area contributed by atoms with Crippen molar-refractivity contribution in [1.29, 1.82) is 0 Å². The number of rotatable bonds is 4. The minimum absolute atomic E-state index is 0.698. The van der Waals surface area contributed by atoms with E-state index in [4.69, 9.17) is 0 Å². The zero-order valence-corrected chi connectivity index (χ0v) is 12.2. The summed E-state index contributed by atoms with van der Waals surface area (Å²) >= 11 is 5.59. The second kappa shape index (κ2) is 6.18. The monoisotopic (exact) mass is 301 g/mol. The van der Waals surface area contributed by atoms with Gasteiger partial charge in [-0.05, 0) is 53.2 Å². The first-order chi connectivity index (χ1) is 7.83. The fourth-order valence-electron chi connectivity index (χ4n) is 2.59. The molecule has 1 nitrogen and oxygen atoms in total. The van der Waals surface area contributed by atoms with E-state index in [1.165, 1.54) is 36.6 Å². The molecule has 1 aliphatic carbocycles. The lowest BCUT2D eigenvalue weighted by Gasteiger charge is -2.32. The molecule has 2 rings (SSSR count). The molecule has 2 unspecified atom stereocenters. The van der Waals surface area contributed by atoms with Gasteiger partial charge < -0.3 is 5.32 Å². The maximum Gasteiger partial charge on any atom is 0.0317 e. The summed E-state index contributed by atoms with van der Waals surface area (Å²) in [6.45, 7) is 3.40. The van der Waals surface area contributed by atoms with Crippen molar-refractivity contribution < 1.29 is 0 Å². The third-order valence-corrected chi connectivity index (χ3v) is 5.41. The van der Waals surface area contributed by atoms with Crippen LogP contribution in [0.15, 0.2) is 15.9 Å². The molecule has 1 saturated carbocycles. The minimum Gasteiger partial charge on any atom is -0.313 e. The summed E-state index contributed by atoms with van der Waals surface area (Å²) in [6, 6.07) is 2.88. The zero-order valence-electron chi connectivity index (χ0n) is 9.84. The van der Waals surface area contributed by atoms with Crippen LogP contribution < -0.4 is 5.32 Å². The Kier molecular flexibility index (Phi) is 4.86. The van der Waals surface area contributed by atoms with Gasteiger partial charge in [-0.15, -0.1) is 11.3 Å². The lowest BCUT2D eigenvalue weighted by atomic mass is 9.83. The molecular weight excluding hydrogens is 282 g/mol. The lowest BCUT2D eigenvalue weighted by Crippen LogP contribution is -2.37. The van der Waals surface area contributed by atoms with Gasteiger partial charge in [0.05, 0.1) is 0 Å². The molecular formula is C13H20BrNS. The Morgan fingerprint density at radius 2 is 2.25 bits per heavy atom. The molecule has 0 amide bonds. The largest absolute Gasteiger partial charge is 0.313 e. The summed E-state index contributed by atoms with van der Waals surface area (Å²) < 4.78 is 1.31. The van der Waals surface area contributed by atoms with E-state index < -0.39 is 0 Å². The smallest absolute Gasteiger partial charge is 0.0317 e. The summed E-state index contributed by atoms with van der Waals surface area (Å²) in [7, 11) is 0. The zero-order chi connectivity index (χ0) is 11.4. The van der Waals surface area contributed by atoms with E-state index in [0.29, 0.717) is 6.04 Å². The topological polar surface area (TPSA) is 12.0 Å². The molecule has 1 aromatic rings. The Morgan fingerprint density at radius 1 is 1.44 bits per heavy atom. The van der Waals surface area contributed by atoms with Gasteiger partial charge in [0, 0.05) is 21.3 Å². The normalized spacial score (nSPS) is 25.9. The molecule has 90 valence electrons. The van der Waals surface area contributed by atoms with Gasteiger partial charge >= 0.3 is 0 Å². The highest BCUT2D eigenvalue weighted by Crippen LogP contribution is 2.39. The van der Waals surface area contributed by atoms with Crippen LogP contribution in [0.25, 0.3) is 0 Å². The second-order valence-electron chi connectivity index (χ2n) is 4.58. The molecule has 1 aliphatic rings. The lowest BCUT2D eigenvalue weighted by molar-refractivity contribution is 0.331. The van der Waals surface area contributed by atoms with Crippen molar-refractivity contribution in [1.82, 2.24) is 5.32 Å². The highest BCUT2D eigenvalue weighted by molar-refractivity contribution is 9.10. The molecule has 3 heteroatoms. The Hall–Kier alpha value is 0.140. The van der Waals surface area contributed by atoms with Crippen LogP contribution in [0.2, 0.25) is 0 Å². The molecule has 1 heterocycles. The average Bonchev–Trinajstić information content (AvgIpc) is 2.73. The Labute approximate surface area is 111 Å². The van der Waals surface area contributed by atoms with Gasteiger partial charge in [0.2, 0.25) is 0 Å². The molecule has 0 aliphatic heterocycles. The fourth-order valence-corrected chi connectivity index (χ4v) is 4.46. The Morgan fingerprint density at radius 3 is 2.94 bits per heavy atom. The van der Waals surface area contributed by atoms with Crippen molar-refractivity contribution in [3.8, 4) is 0 Å². The van der Waals surface area contributed by atoms with Crippen LogP contribution in [-0.2, 0) is 0 Å². The predicted molar refractivity (Wildman–Crippen MR) is 75.3 cm³/mol. The van der Waals surface area contributed by atoms with Crippen molar-refractivity contribution in [2.24, 2.45) is 0 Å². The van der Waals surface area contributed by atoms with E-state index in [0.717, 1.165) is 12.5 Å². The fraction of sp³-hybridized carbons (Fsp3) is 0.692. The molecule has 0 radical (unpaired) electrons. The molecule has 1 fully saturated rings. The quantitative estimate of drug-likeness (QED) is 0.861. The number of nitrogens with one attached hydrogen (secondary N) is 1. The summed E-state index contributed by atoms with van der Waals surface area (Å²) in [5, 5.41) is 5.92. The number of halogens is 1. The van der Waals surface area contributed by atoms with E-state index in [2.05, 4.69) is 39.6 Å². The minimum atomic E-state index is 0.698. The molecule has 0 aromatic carbocycles. The van der Waals surface area contributed by atoms with Gasteiger partial charge in [-0.3, -0.25) is 0 Å². The number of thiophene rings is 1. The van der Waals surface area contributed by atoms with Crippen LogP contribution in [-0.4, -0.2) is 12.6 Å². The van der Waals surface area contributed by atoms with Crippen LogP contribution >= 0.6 is 27.3 Å². The van der Waals surface area contributed by atoms with Crippen molar-refractivity contribution >= 4 is 27.3 Å². The standard InChI is InChI=1S/C13H20BrNS/c1-2-8-15-12-6-4-3-5-10(12)13-11(14)7-9-16-13/h7,9-10,12,15H,2-6,8H2,1H3. The first kappa shape index (κ1) is 12.6. The number of hydrogen-bond acceptors (Lipinski definition) is 2. The van der Waals surface area contributed by atoms with Crippen molar-refractivity contribution in [2.75, 3.05) is 6.54 Å². The van der Waals surface area contributed by atoms with Crippen molar-refractivity contribution in [3.63, 3.8) is 0 Å². The molecule has 1 N–H and O–H groups in total. The van der Waals surface area contributed by atoms with Crippen LogP contribution in [0, 0.1) is 0 Å². The van der Waals surface area contributed by atoms with Crippen LogP contribution in [0.5, 0.6) is 0 Å². The summed E-state index contributed by atoms with van der Waals surface area (Å²) in [5.74, 6) is 0.731. The summed E-state index contributed by atoms with van der Waals surface area (Å²) in [5.41, 5.74) is 0. The van der Waals surface area contributed by atoms with Gasteiger partial charge in [0.1, 0.15) is 0 Å².